The number of urea groups is 1. The number of benzene rings is 2. The first-order valence-corrected chi connectivity index (χ1v) is 13.8. The molecule has 38 heavy (non-hydrogen) atoms. The number of fused-ring (bicyclic) bond motifs is 1. The summed E-state index contributed by atoms with van der Waals surface area (Å²) in [6.07, 6.45) is -0.500. The molecule has 1 heterocycles. The van der Waals surface area contributed by atoms with E-state index in [2.05, 4.69) is 10.0 Å². The smallest absolute Gasteiger partial charge is 0.317 e. The monoisotopic (exact) mass is 550 g/mol. The minimum Gasteiger partial charge on any atom is -0.487 e. The quantitative estimate of drug-likeness (QED) is 0.464. The van der Waals surface area contributed by atoms with Crippen molar-refractivity contribution in [3.63, 3.8) is 0 Å². The number of aliphatic hydroxyl groups excluding tert-OH is 1. The van der Waals surface area contributed by atoms with Crippen LogP contribution in [0, 0.1) is 11.7 Å². The molecule has 0 unspecified atom stereocenters. The van der Waals surface area contributed by atoms with E-state index >= 15 is 0 Å². The predicted molar refractivity (Wildman–Crippen MR) is 141 cm³/mol. The summed E-state index contributed by atoms with van der Waals surface area (Å²) >= 11 is 0. The number of halogens is 1. The molecule has 3 rings (SSSR count). The third-order valence-corrected chi connectivity index (χ3v) is 7.65. The Hall–Kier alpha value is -3.38. The van der Waals surface area contributed by atoms with Gasteiger partial charge >= 0.3 is 6.03 Å². The highest BCUT2D eigenvalue weighted by molar-refractivity contribution is 7.92. The molecule has 0 aliphatic carbocycles. The van der Waals surface area contributed by atoms with Gasteiger partial charge in [-0.15, -0.1) is 0 Å². The topological polar surface area (TPSA) is 128 Å². The molecular formula is C26H35FN4O6S. The maximum atomic E-state index is 13.6. The van der Waals surface area contributed by atoms with Gasteiger partial charge in [0.1, 0.15) is 17.7 Å². The summed E-state index contributed by atoms with van der Waals surface area (Å²) in [6, 6.07) is 7.88. The van der Waals surface area contributed by atoms with Gasteiger partial charge in [-0.05, 0) is 63.2 Å². The number of hydrogen-bond donors (Lipinski definition) is 3. The molecule has 1 aliphatic rings. The molecule has 0 radical (unpaired) electrons. The number of nitrogens with one attached hydrogen (secondary N) is 2. The minimum absolute atomic E-state index is 0.0445. The van der Waals surface area contributed by atoms with Crippen molar-refractivity contribution in [2.45, 2.75) is 50.8 Å². The van der Waals surface area contributed by atoms with Crippen LogP contribution in [-0.4, -0.2) is 80.2 Å². The number of aliphatic hydroxyl groups is 1. The van der Waals surface area contributed by atoms with Crippen LogP contribution < -0.4 is 14.8 Å². The molecule has 2 aromatic rings. The van der Waals surface area contributed by atoms with Gasteiger partial charge in [0.15, 0.2) is 0 Å². The molecule has 0 fully saturated rings. The van der Waals surface area contributed by atoms with Crippen LogP contribution in [0.2, 0.25) is 0 Å². The van der Waals surface area contributed by atoms with Crippen LogP contribution >= 0.6 is 0 Å². The SMILES string of the molecule is CC(C)NC(=O)N(C)C[C@H]1Oc2ccc(NS(=O)(=O)c3ccc(F)cc3)cc2C(=O)N([C@H](C)CO)C[C@H]1C. The van der Waals surface area contributed by atoms with Crippen LogP contribution in [0.1, 0.15) is 38.1 Å². The lowest BCUT2D eigenvalue weighted by molar-refractivity contribution is 0.0366. The molecule has 0 spiro atoms. The second-order valence-electron chi connectivity index (χ2n) is 9.88. The zero-order valence-electron chi connectivity index (χ0n) is 22.1. The van der Waals surface area contributed by atoms with Gasteiger partial charge in [-0.3, -0.25) is 9.52 Å². The summed E-state index contributed by atoms with van der Waals surface area (Å²) in [5, 5.41) is 12.6. The maximum absolute atomic E-state index is 13.6. The van der Waals surface area contributed by atoms with E-state index < -0.39 is 33.9 Å². The van der Waals surface area contributed by atoms with E-state index in [1.165, 1.54) is 28.0 Å². The highest BCUT2D eigenvalue weighted by atomic mass is 32.2. The molecule has 3 N–H and O–H groups in total. The number of ether oxygens (including phenoxy) is 1. The highest BCUT2D eigenvalue weighted by Gasteiger charge is 2.34. The number of nitrogens with zero attached hydrogens (tertiary/aromatic N) is 2. The molecule has 0 bridgehead atoms. The molecule has 3 atom stereocenters. The van der Waals surface area contributed by atoms with Gasteiger partial charge in [0.05, 0.1) is 29.7 Å². The van der Waals surface area contributed by atoms with Crippen molar-refractivity contribution >= 4 is 27.6 Å². The molecule has 0 saturated heterocycles. The summed E-state index contributed by atoms with van der Waals surface area (Å²) in [6.45, 7) is 7.54. The average Bonchev–Trinajstić information content (AvgIpc) is 2.85. The van der Waals surface area contributed by atoms with Crippen LogP contribution in [0.25, 0.3) is 0 Å². The molecule has 2 aromatic carbocycles. The van der Waals surface area contributed by atoms with E-state index in [0.717, 1.165) is 24.3 Å². The fourth-order valence-corrected chi connectivity index (χ4v) is 5.09. The number of rotatable bonds is 8. The van der Waals surface area contributed by atoms with Gasteiger partial charge in [0.25, 0.3) is 15.9 Å². The first-order valence-electron chi connectivity index (χ1n) is 12.3. The van der Waals surface area contributed by atoms with E-state index in [4.69, 9.17) is 4.74 Å². The van der Waals surface area contributed by atoms with Gasteiger partial charge in [-0.25, -0.2) is 17.6 Å². The number of sulfonamides is 1. The summed E-state index contributed by atoms with van der Waals surface area (Å²) < 4.78 is 47.6. The standard InChI is InChI=1S/C26H35FN4O6S/c1-16(2)28-26(34)30(5)14-24-17(3)13-31(18(4)15-32)25(33)22-12-20(8-11-23(22)37-24)29-38(35,36)21-9-6-19(27)7-10-21/h6-12,16-18,24,29,32H,13-15H2,1-5H3,(H,28,34)/t17-,18-,24-/m1/s1. The van der Waals surface area contributed by atoms with Gasteiger partial charge in [0, 0.05) is 31.2 Å². The first-order chi connectivity index (χ1) is 17.8. The lowest BCUT2D eigenvalue weighted by atomic mass is 9.99. The van der Waals surface area contributed by atoms with Crippen LogP contribution in [0.5, 0.6) is 5.75 Å². The lowest BCUT2D eigenvalue weighted by Gasteiger charge is -2.38. The molecule has 12 heteroatoms. The van der Waals surface area contributed by atoms with Crippen molar-refractivity contribution in [2.75, 3.05) is 31.5 Å². The molecule has 10 nitrogen and oxygen atoms in total. The largest absolute Gasteiger partial charge is 0.487 e. The van der Waals surface area contributed by atoms with Crippen molar-refractivity contribution in [1.82, 2.24) is 15.1 Å². The Bertz CT molecular complexity index is 1250. The van der Waals surface area contributed by atoms with Crippen molar-refractivity contribution in [3.8, 4) is 5.75 Å². The highest BCUT2D eigenvalue weighted by Crippen LogP contribution is 2.31. The van der Waals surface area contributed by atoms with Crippen molar-refractivity contribution < 1.29 is 32.2 Å². The van der Waals surface area contributed by atoms with E-state index in [-0.39, 0.29) is 59.6 Å². The van der Waals surface area contributed by atoms with Gasteiger partial charge in [-0.2, -0.15) is 0 Å². The fraction of sp³-hybridized carbons (Fsp3) is 0.462. The number of likely N-dealkylation sites (N-methyl/N-ethyl adjacent to an activating group) is 1. The second-order valence-corrected chi connectivity index (χ2v) is 11.6. The Labute approximate surface area is 222 Å². The van der Waals surface area contributed by atoms with E-state index in [0.29, 0.717) is 0 Å². The Morgan fingerprint density at radius 2 is 1.87 bits per heavy atom. The van der Waals surface area contributed by atoms with Crippen LogP contribution in [-0.2, 0) is 10.0 Å². The zero-order chi connectivity index (χ0) is 28.2. The number of anilines is 1. The average molecular weight is 551 g/mol. The van der Waals surface area contributed by atoms with Crippen LogP contribution in [0.15, 0.2) is 47.4 Å². The first kappa shape index (κ1) is 29.2. The van der Waals surface area contributed by atoms with E-state index in [1.54, 1.807) is 14.0 Å². The third-order valence-electron chi connectivity index (χ3n) is 6.25. The summed E-state index contributed by atoms with van der Waals surface area (Å²) in [5.74, 6) is -0.973. The van der Waals surface area contributed by atoms with Crippen LogP contribution in [0.3, 0.4) is 0 Å². The molecule has 208 valence electrons. The third kappa shape index (κ3) is 6.93. The van der Waals surface area contributed by atoms with Gasteiger partial charge in [0.2, 0.25) is 0 Å². The van der Waals surface area contributed by atoms with Crippen molar-refractivity contribution in [1.29, 1.82) is 0 Å². The maximum Gasteiger partial charge on any atom is 0.317 e. The van der Waals surface area contributed by atoms with E-state index in [9.17, 15) is 27.5 Å². The van der Waals surface area contributed by atoms with Crippen molar-refractivity contribution in [3.05, 3.63) is 53.8 Å². The number of amides is 3. The van der Waals surface area contributed by atoms with Gasteiger partial charge in [-0.1, -0.05) is 6.92 Å². The number of carbonyl (C=O) groups excluding carboxylic acids is 2. The molecule has 1 aliphatic heterocycles. The predicted octanol–water partition coefficient (Wildman–Crippen LogP) is 2.90. The lowest BCUT2D eigenvalue weighted by Crippen LogP contribution is -2.51. The Morgan fingerprint density at radius 1 is 1.21 bits per heavy atom. The number of hydrogen-bond acceptors (Lipinski definition) is 6. The molecule has 0 saturated carbocycles. The summed E-state index contributed by atoms with van der Waals surface area (Å²) in [4.78, 5) is 28.9. The molecular weight excluding hydrogens is 515 g/mol. The van der Waals surface area contributed by atoms with Crippen molar-refractivity contribution in [2.24, 2.45) is 5.92 Å². The molecule has 0 aromatic heterocycles. The zero-order valence-corrected chi connectivity index (χ0v) is 23.0. The second kappa shape index (κ2) is 12.0. The fourth-order valence-electron chi connectivity index (χ4n) is 4.04. The minimum atomic E-state index is -4.05. The normalized spacial score (nSPS) is 18.6. The number of carbonyl (C=O) groups is 2. The molecule has 3 amide bonds. The Kier molecular flexibility index (Phi) is 9.21. The van der Waals surface area contributed by atoms with Gasteiger partial charge < -0.3 is 25.0 Å². The summed E-state index contributed by atoms with van der Waals surface area (Å²) in [7, 11) is -2.40. The Morgan fingerprint density at radius 3 is 2.47 bits per heavy atom. The van der Waals surface area contributed by atoms with E-state index in [1.807, 2.05) is 20.8 Å². The Balaban J connectivity index is 1.96. The summed E-state index contributed by atoms with van der Waals surface area (Å²) in [5.41, 5.74) is 0.219. The van der Waals surface area contributed by atoms with Crippen LogP contribution in [0.4, 0.5) is 14.9 Å².